The van der Waals surface area contributed by atoms with E-state index in [1.165, 1.54) is 30.4 Å². The fourth-order valence-corrected chi connectivity index (χ4v) is 6.95. The maximum absolute atomic E-state index is 13.4. The molecule has 1 saturated carbocycles. The van der Waals surface area contributed by atoms with Gasteiger partial charge >= 0.3 is 0 Å². The Morgan fingerprint density at radius 2 is 1.45 bits per heavy atom. The van der Waals surface area contributed by atoms with Gasteiger partial charge in [-0.25, -0.2) is 0 Å². The van der Waals surface area contributed by atoms with E-state index in [-0.39, 0.29) is 5.91 Å². The average Bonchev–Trinajstić information content (AvgIpc) is 3.32. The van der Waals surface area contributed by atoms with E-state index in [4.69, 9.17) is 11.6 Å². The van der Waals surface area contributed by atoms with Crippen LogP contribution in [0.4, 0.5) is 5.69 Å². The lowest BCUT2D eigenvalue weighted by Crippen LogP contribution is -2.46. The molecule has 1 amide bonds. The summed E-state index contributed by atoms with van der Waals surface area (Å²) in [6.07, 6.45) is 7.10. The second-order valence-electron chi connectivity index (χ2n) is 11.2. The second kappa shape index (κ2) is 11.5. The van der Waals surface area contributed by atoms with Crippen LogP contribution in [0.25, 0.3) is 0 Å². The first-order valence-electron chi connectivity index (χ1n) is 14.4. The lowest BCUT2D eigenvalue weighted by Gasteiger charge is -2.37. The highest BCUT2D eigenvalue weighted by molar-refractivity contribution is 6.32. The molecule has 4 nitrogen and oxygen atoms in total. The molecule has 0 aromatic heterocycles. The zero-order chi connectivity index (χ0) is 25.9. The molecule has 0 bridgehead atoms. The number of benzene rings is 3. The van der Waals surface area contributed by atoms with Gasteiger partial charge in [-0.2, -0.15) is 0 Å². The first kappa shape index (κ1) is 25.5. The smallest absolute Gasteiger partial charge is 0.254 e. The number of carbonyl (C=O) groups excluding carboxylic acids is 1. The average molecular weight is 528 g/mol. The van der Waals surface area contributed by atoms with Crippen molar-refractivity contribution in [3.05, 3.63) is 100 Å². The molecule has 2 aliphatic heterocycles. The summed E-state index contributed by atoms with van der Waals surface area (Å²) in [7, 11) is 0. The fraction of sp³-hybridized carbons (Fsp3) is 0.424. The van der Waals surface area contributed by atoms with Gasteiger partial charge in [0.2, 0.25) is 0 Å². The second-order valence-corrected chi connectivity index (χ2v) is 11.6. The van der Waals surface area contributed by atoms with Crippen LogP contribution in [0.1, 0.15) is 71.5 Å². The molecule has 0 radical (unpaired) electrons. The van der Waals surface area contributed by atoms with Crippen molar-refractivity contribution in [3.8, 4) is 0 Å². The molecule has 0 unspecified atom stereocenters. The summed E-state index contributed by atoms with van der Waals surface area (Å²) in [5, 5.41) is 0.750. The number of piperazine rings is 1. The lowest BCUT2D eigenvalue weighted by atomic mass is 9.88. The van der Waals surface area contributed by atoms with Crippen molar-refractivity contribution in [3.63, 3.8) is 0 Å². The van der Waals surface area contributed by atoms with E-state index in [1.807, 2.05) is 0 Å². The Morgan fingerprint density at radius 1 is 0.816 bits per heavy atom. The van der Waals surface area contributed by atoms with Crippen LogP contribution in [0.5, 0.6) is 0 Å². The monoisotopic (exact) mass is 527 g/mol. The molecule has 2 fully saturated rings. The first-order chi connectivity index (χ1) is 18.7. The number of amides is 1. The van der Waals surface area contributed by atoms with Crippen LogP contribution in [-0.4, -0.2) is 54.5 Å². The largest absolute Gasteiger partial charge is 0.369 e. The molecule has 198 valence electrons. The Morgan fingerprint density at radius 3 is 2.08 bits per heavy atom. The number of fused-ring (bicyclic) bond motifs is 1. The summed E-state index contributed by atoms with van der Waals surface area (Å²) >= 11 is 6.78. The van der Waals surface area contributed by atoms with Gasteiger partial charge in [-0.3, -0.25) is 9.69 Å². The highest BCUT2D eigenvalue weighted by Gasteiger charge is 2.35. The highest BCUT2D eigenvalue weighted by Crippen LogP contribution is 2.37. The van der Waals surface area contributed by atoms with Crippen molar-refractivity contribution >= 4 is 23.2 Å². The molecule has 1 saturated heterocycles. The molecule has 3 aromatic rings. The Hall–Kier alpha value is -2.82. The molecule has 3 aromatic carbocycles. The molecule has 0 spiro atoms. The highest BCUT2D eigenvalue weighted by atomic mass is 35.5. The molecule has 0 atom stereocenters. The van der Waals surface area contributed by atoms with Gasteiger partial charge in [0.05, 0.1) is 0 Å². The van der Waals surface area contributed by atoms with Crippen LogP contribution in [0.3, 0.4) is 0 Å². The molecule has 2 heterocycles. The molecule has 1 aliphatic carbocycles. The maximum Gasteiger partial charge on any atom is 0.254 e. The molecule has 38 heavy (non-hydrogen) atoms. The number of halogens is 1. The van der Waals surface area contributed by atoms with Gasteiger partial charge in [0.15, 0.2) is 0 Å². The van der Waals surface area contributed by atoms with E-state index in [9.17, 15) is 4.79 Å². The Kier molecular flexibility index (Phi) is 7.71. The van der Waals surface area contributed by atoms with E-state index in [0.29, 0.717) is 18.5 Å². The number of hydrogen-bond donors (Lipinski definition) is 0. The summed E-state index contributed by atoms with van der Waals surface area (Å²) in [6, 6.07) is 26.4. The zero-order valence-corrected chi connectivity index (χ0v) is 23.0. The van der Waals surface area contributed by atoms with Gasteiger partial charge < -0.3 is 9.80 Å². The Balaban J connectivity index is 1.09. The number of hydrogen-bond acceptors (Lipinski definition) is 3. The summed E-state index contributed by atoms with van der Waals surface area (Å²) in [5.41, 5.74) is 5.72. The van der Waals surface area contributed by atoms with Crippen LogP contribution in [0.2, 0.25) is 5.02 Å². The van der Waals surface area contributed by atoms with E-state index in [0.717, 1.165) is 73.8 Å². The third kappa shape index (κ3) is 5.34. The number of rotatable bonds is 7. The van der Waals surface area contributed by atoms with E-state index in [1.54, 1.807) is 0 Å². The lowest BCUT2D eigenvalue weighted by molar-refractivity contribution is 0.0660. The quantitative estimate of drug-likeness (QED) is 0.332. The Labute approximate surface area is 232 Å². The third-order valence-corrected chi connectivity index (χ3v) is 9.23. The van der Waals surface area contributed by atoms with Gasteiger partial charge in [-0.15, -0.1) is 0 Å². The van der Waals surface area contributed by atoms with Crippen molar-refractivity contribution in [2.24, 2.45) is 0 Å². The van der Waals surface area contributed by atoms with Gasteiger partial charge in [0.1, 0.15) is 0 Å². The minimum atomic E-state index is 0.183. The van der Waals surface area contributed by atoms with Crippen molar-refractivity contribution in [2.75, 3.05) is 37.6 Å². The predicted molar refractivity (Wildman–Crippen MR) is 156 cm³/mol. The predicted octanol–water partition coefficient (Wildman–Crippen LogP) is 6.97. The number of carbonyl (C=O) groups is 1. The molecular formula is C33H38ClN3O. The SMILES string of the molecule is O=C1c2cc(N3CCN(CCC(c4ccccc4)c4ccccc4)CC3)cc(Cl)c2CN1C1CCCCC1. The molecular weight excluding hydrogens is 490 g/mol. The zero-order valence-electron chi connectivity index (χ0n) is 22.2. The number of anilines is 1. The first-order valence-corrected chi connectivity index (χ1v) is 14.8. The molecule has 5 heteroatoms. The van der Waals surface area contributed by atoms with Gasteiger partial charge in [-0.05, 0) is 49.1 Å². The standard InChI is InChI=1S/C33H38ClN3O/c34-32-23-28(22-30-31(32)24-37(33(30)38)27-14-8-3-9-15-27)36-20-18-35(19-21-36)17-16-29(25-10-4-1-5-11-25)26-12-6-2-7-13-26/h1-2,4-7,10-13,22-23,27,29H,3,8-9,14-21,24H2. The number of nitrogens with zero attached hydrogens (tertiary/aromatic N) is 3. The molecule has 3 aliphatic rings. The van der Waals surface area contributed by atoms with E-state index < -0.39 is 0 Å². The summed E-state index contributed by atoms with van der Waals surface area (Å²) < 4.78 is 0. The van der Waals surface area contributed by atoms with Crippen molar-refractivity contribution in [1.82, 2.24) is 9.80 Å². The van der Waals surface area contributed by atoms with Crippen LogP contribution < -0.4 is 4.90 Å². The van der Waals surface area contributed by atoms with Crippen LogP contribution in [0, 0.1) is 0 Å². The van der Waals surface area contributed by atoms with Crippen molar-refractivity contribution < 1.29 is 4.79 Å². The van der Waals surface area contributed by atoms with Crippen molar-refractivity contribution in [1.29, 1.82) is 0 Å². The van der Waals surface area contributed by atoms with Crippen LogP contribution in [0.15, 0.2) is 72.8 Å². The third-order valence-electron chi connectivity index (χ3n) is 8.89. The summed E-state index contributed by atoms with van der Waals surface area (Å²) in [5.74, 6) is 0.589. The van der Waals surface area contributed by atoms with Gasteiger partial charge in [-0.1, -0.05) is 91.5 Å². The van der Waals surface area contributed by atoms with Crippen LogP contribution in [-0.2, 0) is 6.54 Å². The van der Waals surface area contributed by atoms with Crippen molar-refractivity contribution in [2.45, 2.75) is 57.0 Å². The van der Waals surface area contributed by atoms with E-state index in [2.05, 4.69) is 87.5 Å². The normalized spacial score (nSPS) is 18.8. The minimum absolute atomic E-state index is 0.183. The maximum atomic E-state index is 13.4. The molecule has 6 rings (SSSR count). The molecule has 0 N–H and O–H groups in total. The van der Waals surface area contributed by atoms with Gasteiger partial charge in [0.25, 0.3) is 5.91 Å². The van der Waals surface area contributed by atoms with Crippen LogP contribution >= 0.6 is 11.6 Å². The summed E-state index contributed by atoms with van der Waals surface area (Å²) in [6.45, 7) is 5.70. The topological polar surface area (TPSA) is 26.8 Å². The Bertz CT molecular complexity index is 1190. The van der Waals surface area contributed by atoms with Gasteiger partial charge in [0, 0.05) is 66.5 Å². The summed E-state index contributed by atoms with van der Waals surface area (Å²) in [4.78, 5) is 20.4. The van der Waals surface area contributed by atoms with E-state index >= 15 is 0 Å². The fourth-order valence-electron chi connectivity index (χ4n) is 6.68. The minimum Gasteiger partial charge on any atom is -0.369 e.